The summed E-state index contributed by atoms with van der Waals surface area (Å²) in [5, 5.41) is 0. The number of methoxy groups -OCH3 is 1. The van der Waals surface area contributed by atoms with Crippen LogP contribution in [0.15, 0.2) is 4.99 Å². The zero-order valence-corrected chi connectivity index (χ0v) is 5.05. The smallest absolute Gasteiger partial charge is 0.237 e. The van der Waals surface area contributed by atoms with Gasteiger partial charge < -0.3 is 4.74 Å². The highest BCUT2D eigenvalue weighted by Crippen LogP contribution is 1.93. The van der Waals surface area contributed by atoms with Crippen LogP contribution in [-0.2, 0) is 9.53 Å². The van der Waals surface area contributed by atoms with E-state index in [2.05, 4.69) is 4.99 Å². The molecule has 0 heterocycles. The van der Waals surface area contributed by atoms with Crippen molar-refractivity contribution >= 4 is 6.08 Å². The summed E-state index contributed by atoms with van der Waals surface area (Å²) in [5.74, 6) is 0. The SMILES string of the molecule is CCC(N=C=O)OC. The number of carbonyl (C=O) groups excluding carboxylic acids is 1. The van der Waals surface area contributed by atoms with Crippen LogP contribution in [0.25, 0.3) is 0 Å². The van der Waals surface area contributed by atoms with Crippen LogP contribution in [0.1, 0.15) is 13.3 Å². The van der Waals surface area contributed by atoms with E-state index in [0.29, 0.717) is 6.42 Å². The molecule has 0 saturated heterocycles. The molecular weight excluding hydrogens is 106 g/mol. The number of nitrogens with zero attached hydrogens (tertiary/aromatic N) is 1. The summed E-state index contributed by atoms with van der Waals surface area (Å²) >= 11 is 0. The van der Waals surface area contributed by atoms with E-state index in [1.807, 2.05) is 6.92 Å². The van der Waals surface area contributed by atoms with Gasteiger partial charge in [-0.25, -0.2) is 4.79 Å². The number of ether oxygens (including phenoxy) is 1. The third-order valence-corrected chi connectivity index (χ3v) is 0.818. The minimum atomic E-state index is -0.299. The third-order valence-electron chi connectivity index (χ3n) is 0.818. The molecule has 0 aliphatic rings. The Kier molecular flexibility index (Phi) is 4.13. The summed E-state index contributed by atoms with van der Waals surface area (Å²) in [6.45, 7) is 1.88. The van der Waals surface area contributed by atoms with E-state index < -0.39 is 0 Å². The maximum absolute atomic E-state index is 9.56. The van der Waals surface area contributed by atoms with Crippen LogP contribution in [-0.4, -0.2) is 19.4 Å². The van der Waals surface area contributed by atoms with E-state index in [0.717, 1.165) is 0 Å². The second-order valence-corrected chi connectivity index (χ2v) is 1.32. The van der Waals surface area contributed by atoms with E-state index in [1.54, 1.807) is 0 Å². The third kappa shape index (κ3) is 2.50. The molecule has 1 atom stereocenters. The number of isocyanates is 1. The van der Waals surface area contributed by atoms with Crippen molar-refractivity contribution in [1.29, 1.82) is 0 Å². The molecule has 0 amide bonds. The second-order valence-electron chi connectivity index (χ2n) is 1.32. The number of hydrogen-bond acceptors (Lipinski definition) is 3. The lowest BCUT2D eigenvalue weighted by Crippen LogP contribution is -2.03. The molecule has 0 saturated carbocycles. The molecule has 0 N–H and O–H groups in total. The molecule has 0 bridgehead atoms. The molecular formula is C5H9NO2. The first-order chi connectivity index (χ1) is 3.85. The van der Waals surface area contributed by atoms with Gasteiger partial charge in [-0.1, -0.05) is 6.92 Å². The monoisotopic (exact) mass is 115 g/mol. The molecule has 0 spiro atoms. The number of rotatable bonds is 3. The van der Waals surface area contributed by atoms with Gasteiger partial charge in [0.15, 0.2) is 6.23 Å². The molecule has 3 nitrogen and oxygen atoms in total. The van der Waals surface area contributed by atoms with Crippen LogP contribution in [0.4, 0.5) is 0 Å². The predicted octanol–water partition coefficient (Wildman–Crippen LogP) is 0.705. The summed E-state index contributed by atoms with van der Waals surface area (Å²) < 4.78 is 4.71. The van der Waals surface area contributed by atoms with Crippen molar-refractivity contribution in [2.24, 2.45) is 4.99 Å². The normalized spacial score (nSPS) is 12.2. The van der Waals surface area contributed by atoms with Gasteiger partial charge in [-0.05, 0) is 6.42 Å². The molecule has 46 valence electrons. The highest BCUT2D eigenvalue weighted by molar-refractivity contribution is 5.33. The fourth-order valence-electron chi connectivity index (χ4n) is 0.369. The first-order valence-corrected chi connectivity index (χ1v) is 2.45. The van der Waals surface area contributed by atoms with Crippen LogP contribution in [0, 0.1) is 0 Å². The molecule has 0 rings (SSSR count). The fraction of sp³-hybridized carbons (Fsp3) is 0.800. The minimum Gasteiger partial charge on any atom is -0.359 e. The molecule has 1 unspecified atom stereocenters. The Morgan fingerprint density at radius 3 is 2.62 bits per heavy atom. The van der Waals surface area contributed by atoms with Crippen molar-refractivity contribution in [1.82, 2.24) is 0 Å². The van der Waals surface area contributed by atoms with Gasteiger partial charge in [0, 0.05) is 7.11 Å². The van der Waals surface area contributed by atoms with Gasteiger partial charge in [0.2, 0.25) is 6.08 Å². The van der Waals surface area contributed by atoms with Crippen LogP contribution in [0.3, 0.4) is 0 Å². The zero-order valence-electron chi connectivity index (χ0n) is 5.05. The van der Waals surface area contributed by atoms with Gasteiger partial charge in [-0.15, -0.1) is 0 Å². The summed E-state index contributed by atoms with van der Waals surface area (Å²) in [6, 6.07) is 0. The van der Waals surface area contributed by atoms with Crippen molar-refractivity contribution in [2.75, 3.05) is 7.11 Å². The predicted molar refractivity (Wildman–Crippen MR) is 29.2 cm³/mol. The Hall–Kier alpha value is -0.660. The molecule has 0 aromatic rings. The second kappa shape index (κ2) is 4.50. The van der Waals surface area contributed by atoms with E-state index >= 15 is 0 Å². The van der Waals surface area contributed by atoms with Gasteiger partial charge in [-0.3, -0.25) is 0 Å². The Bertz CT molecular complexity index is 92.6. The first-order valence-electron chi connectivity index (χ1n) is 2.45. The van der Waals surface area contributed by atoms with Crippen LogP contribution < -0.4 is 0 Å². The molecule has 0 aliphatic carbocycles. The lowest BCUT2D eigenvalue weighted by atomic mass is 10.4. The molecule has 0 aromatic carbocycles. The van der Waals surface area contributed by atoms with Gasteiger partial charge in [0.25, 0.3) is 0 Å². The zero-order chi connectivity index (χ0) is 6.41. The molecule has 0 fully saturated rings. The van der Waals surface area contributed by atoms with Crippen molar-refractivity contribution < 1.29 is 9.53 Å². The van der Waals surface area contributed by atoms with Crippen LogP contribution in [0.2, 0.25) is 0 Å². The highest BCUT2D eigenvalue weighted by atomic mass is 16.5. The van der Waals surface area contributed by atoms with E-state index in [-0.39, 0.29) is 6.23 Å². The maximum Gasteiger partial charge on any atom is 0.237 e. The Balaban J connectivity index is 3.52. The topological polar surface area (TPSA) is 38.7 Å². The van der Waals surface area contributed by atoms with Gasteiger partial charge in [0.05, 0.1) is 0 Å². The van der Waals surface area contributed by atoms with Gasteiger partial charge in [-0.2, -0.15) is 4.99 Å². The van der Waals surface area contributed by atoms with E-state index in [4.69, 9.17) is 4.74 Å². The Morgan fingerprint density at radius 1 is 1.88 bits per heavy atom. The summed E-state index contributed by atoms with van der Waals surface area (Å²) in [7, 11) is 1.51. The van der Waals surface area contributed by atoms with E-state index in [1.165, 1.54) is 13.2 Å². The lowest BCUT2D eigenvalue weighted by Gasteiger charge is -2.01. The molecule has 0 aromatic heterocycles. The number of hydrogen-bond donors (Lipinski definition) is 0. The van der Waals surface area contributed by atoms with Crippen molar-refractivity contribution in [2.45, 2.75) is 19.6 Å². The van der Waals surface area contributed by atoms with Crippen molar-refractivity contribution in [3.8, 4) is 0 Å². The average molecular weight is 115 g/mol. The average Bonchev–Trinajstić information content (AvgIpc) is 1.83. The maximum atomic E-state index is 9.56. The summed E-state index contributed by atoms with van der Waals surface area (Å²) in [4.78, 5) is 12.9. The van der Waals surface area contributed by atoms with Gasteiger partial charge >= 0.3 is 0 Å². The van der Waals surface area contributed by atoms with Gasteiger partial charge in [0.1, 0.15) is 0 Å². The largest absolute Gasteiger partial charge is 0.359 e. The summed E-state index contributed by atoms with van der Waals surface area (Å²) in [6.07, 6.45) is 1.84. The van der Waals surface area contributed by atoms with E-state index in [9.17, 15) is 4.79 Å². The molecule has 0 aliphatic heterocycles. The lowest BCUT2D eigenvalue weighted by molar-refractivity contribution is 0.107. The van der Waals surface area contributed by atoms with Crippen LogP contribution >= 0.6 is 0 Å². The first kappa shape index (κ1) is 7.34. The number of aliphatic imine (C=N–C) groups is 1. The highest BCUT2D eigenvalue weighted by Gasteiger charge is 1.96. The fourth-order valence-corrected chi connectivity index (χ4v) is 0.369. The standard InChI is InChI=1S/C5H9NO2/c1-3-5(8-2)6-4-7/h5H,3H2,1-2H3. The minimum absolute atomic E-state index is 0.299. The molecule has 3 heteroatoms. The van der Waals surface area contributed by atoms with Crippen LogP contribution in [0.5, 0.6) is 0 Å². The van der Waals surface area contributed by atoms with Crippen molar-refractivity contribution in [3.05, 3.63) is 0 Å². The Labute approximate surface area is 48.4 Å². The van der Waals surface area contributed by atoms with Crippen molar-refractivity contribution in [3.63, 3.8) is 0 Å². The molecule has 0 radical (unpaired) electrons. The molecule has 8 heavy (non-hydrogen) atoms. The Morgan fingerprint density at radius 2 is 2.50 bits per heavy atom. The quantitative estimate of drug-likeness (QED) is 0.401. The summed E-state index contributed by atoms with van der Waals surface area (Å²) in [5.41, 5.74) is 0.